The van der Waals surface area contributed by atoms with Crippen LogP contribution >= 0.6 is 0 Å². The Morgan fingerprint density at radius 3 is 2.63 bits per heavy atom. The molecule has 0 saturated carbocycles. The molecule has 114 valence electrons. The lowest BCUT2D eigenvalue weighted by molar-refractivity contribution is 0.00640. The molecule has 0 aromatic heterocycles. The topological polar surface area (TPSA) is 54.0 Å². The van der Waals surface area contributed by atoms with Crippen molar-refractivity contribution in [2.75, 3.05) is 59.2 Å². The Morgan fingerprint density at radius 1 is 1.16 bits per heavy atom. The number of hydrogen-bond donors (Lipinski definition) is 2. The maximum absolute atomic E-state index is 9.70. The van der Waals surface area contributed by atoms with E-state index in [0.29, 0.717) is 33.0 Å². The minimum absolute atomic E-state index is 0.379. The van der Waals surface area contributed by atoms with Crippen LogP contribution in [-0.4, -0.2) is 75.3 Å². The fourth-order valence-electron chi connectivity index (χ4n) is 2.23. The summed E-state index contributed by atoms with van der Waals surface area (Å²) in [5.41, 5.74) is 0. The van der Waals surface area contributed by atoms with Gasteiger partial charge >= 0.3 is 0 Å². The summed E-state index contributed by atoms with van der Waals surface area (Å²) in [5, 5.41) is 13.0. The van der Waals surface area contributed by atoms with E-state index in [9.17, 15) is 5.11 Å². The molecular weight excluding hydrogens is 244 g/mol. The third-order valence-corrected chi connectivity index (χ3v) is 3.32. The Balaban J connectivity index is 1.85. The van der Waals surface area contributed by atoms with E-state index in [2.05, 4.69) is 10.2 Å². The molecule has 5 heteroatoms. The molecule has 0 amide bonds. The van der Waals surface area contributed by atoms with Gasteiger partial charge in [0.05, 0.1) is 25.9 Å². The van der Waals surface area contributed by atoms with Crippen LogP contribution in [0.15, 0.2) is 0 Å². The van der Waals surface area contributed by atoms with E-state index in [4.69, 9.17) is 9.47 Å². The highest BCUT2D eigenvalue weighted by atomic mass is 16.5. The molecule has 1 unspecified atom stereocenters. The van der Waals surface area contributed by atoms with Crippen molar-refractivity contribution in [3.8, 4) is 0 Å². The highest BCUT2D eigenvalue weighted by molar-refractivity contribution is 4.66. The van der Waals surface area contributed by atoms with E-state index in [-0.39, 0.29) is 0 Å². The summed E-state index contributed by atoms with van der Waals surface area (Å²) in [6.45, 7) is 9.28. The zero-order chi connectivity index (χ0) is 13.8. The van der Waals surface area contributed by atoms with Crippen LogP contribution in [0.5, 0.6) is 0 Å². The van der Waals surface area contributed by atoms with Gasteiger partial charge in [-0.15, -0.1) is 0 Å². The minimum atomic E-state index is -0.428. The average molecular weight is 274 g/mol. The highest BCUT2D eigenvalue weighted by Crippen LogP contribution is 2.07. The first-order chi connectivity index (χ1) is 9.33. The second-order valence-electron chi connectivity index (χ2n) is 5.03. The Hall–Kier alpha value is -0.200. The largest absolute Gasteiger partial charge is 0.389 e. The van der Waals surface area contributed by atoms with E-state index in [0.717, 1.165) is 13.1 Å². The zero-order valence-corrected chi connectivity index (χ0v) is 12.3. The molecule has 1 heterocycles. The normalized spacial score (nSPS) is 18.6. The molecule has 0 radical (unpaired) electrons. The predicted octanol–water partition coefficient (Wildman–Crippen LogP) is 0.476. The molecule has 1 aliphatic heterocycles. The molecule has 1 atom stereocenters. The van der Waals surface area contributed by atoms with E-state index >= 15 is 0 Å². The maximum Gasteiger partial charge on any atom is 0.0897 e. The second kappa shape index (κ2) is 11.6. The summed E-state index contributed by atoms with van der Waals surface area (Å²) in [5.74, 6) is 0. The lowest BCUT2D eigenvalue weighted by Gasteiger charge is -2.26. The number of piperidine rings is 1. The van der Waals surface area contributed by atoms with Gasteiger partial charge in [0.1, 0.15) is 0 Å². The van der Waals surface area contributed by atoms with Crippen LogP contribution in [0.1, 0.15) is 26.2 Å². The van der Waals surface area contributed by atoms with Crippen LogP contribution in [0.2, 0.25) is 0 Å². The van der Waals surface area contributed by atoms with E-state index in [1.807, 2.05) is 6.92 Å². The highest BCUT2D eigenvalue weighted by Gasteiger charge is 2.09. The standard InChI is InChI=1S/C14H30N2O3/c1-2-18-10-11-19-13-14(17)12-15-6-9-16-7-4-3-5-8-16/h14-15,17H,2-13H2,1H3. The number of nitrogens with one attached hydrogen (secondary N) is 1. The van der Waals surface area contributed by atoms with Gasteiger partial charge in [0.2, 0.25) is 0 Å². The smallest absolute Gasteiger partial charge is 0.0897 e. The Kier molecular flexibility index (Phi) is 10.3. The summed E-state index contributed by atoms with van der Waals surface area (Å²) < 4.78 is 10.5. The van der Waals surface area contributed by atoms with E-state index in [1.165, 1.54) is 32.4 Å². The number of nitrogens with zero attached hydrogens (tertiary/aromatic N) is 1. The van der Waals surface area contributed by atoms with Gasteiger partial charge in [-0.05, 0) is 32.9 Å². The Labute approximate surface area is 117 Å². The van der Waals surface area contributed by atoms with Crippen molar-refractivity contribution in [2.24, 2.45) is 0 Å². The molecule has 1 rings (SSSR count). The third kappa shape index (κ3) is 9.35. The van der Waals surface area contributed by atoms with Gasteiger partial charge in [0.25, 0.3) is 0 Å². The second-order valence-corrected chi connectivity index (χ2v) is 5.03. The first-order valence-electron chi connectivity index (χ1n) is 7.59. The number of rotatable bonds is 11. The summed E-state index contributed by atoms with van der Waals surface area (Å²) in [4.78, 5) is 2.49. The molecule has 1 aliphatic rings. The molecule has 0 spiro atoms. The van der Waals surface area contributed by atoms with Gasteiger partial charge in [0.15, 0.2) is 0 Å². The summed E-state index contributed by atoms with van der Waals surface area (Å²) >= 11 is 0. The third-order valence-electron chi connectivity index (χ3n) is 3.32. The number of aliphatic hydroxyl groups excluding tert-OH is 1. The lowest BCUT2D eigenvalue weighted by Crippen LogP contribution is -2.38. The van der Waals surface area contributed by atoms with Gasteiger partial charge in [-0.3, -0.25) is 0 Å². The average Bonchev–Trinajstić information content (AvgIpc) is 2.44. The Morgan fingerprint density at radius 2 is 1.89 bits per heavy atom. The first kappa shape index (κ1) is 16.9. The molecule has 0 aliphatic carbocycles. The number of hydrogen-bond acceptors (Lipinski definition) is 5. The van der Waals surface area contributed by atoms with Crippen LogP contribution in [0.25, 0.3) is 0 Å². The molecule has 0 bridgehead atoms. The van der Waals surface area contributed by atoms with Crippen molar-refractivity contribution in [1.82, 2.24) is 10.2 Å². The quantitative estimate of drug-likeness (QED) is 0.537. The van der Waals surface area contributed by atoms with Crippen LogP contribution < -0.4 is 5.32 Å². The van der Waals surface area contributed by atoms with Gasteiger partial charge in [-0.2, -0.15) is 0 Å². The zero-order valence-electron chi connectivity index (χ0n) is 12.3. The fourth-order valence-corrected chi connectivity index (χ4v) is 2.23. The fraction of sp³-hybridized carbons (Fsp3) is 1.00. The molecular formula is C14H30N2O3. The van der Waals surface area contributed by atoms with Crippen molar-refractivity contribution >= 4 is 0 Å². The molecule has 5 nitrogen and oxygen atoms in total. The van der Waals surface area contributed by atoms with Crippen LogP contribution in [-0.2, 0) is 9.47 Å². The van der Waals surface area contributed by atoms with Gasteiger partial charge in [0, 0.05) is 26.2 Å². The minimum Gasteiger partial charge on any atom is -0.389 e. The monoisotopic (exact) mass is 274 g/mol. The first-order valence-corrected chi connectivity index (χ1v) is 7.59. The van der Waals surface area contributed by atoms with Crippen molar-refractivity contribution in [3.05, 3.63) is 0 Å². The van der Waals surface area contributed by atoms with Crippen molar-refractivity contribution < 1.29 is 14.6 Å². The van der Waals surface area contributed by atoms with Crippen molar-refractivity contribution in [1.29, 1.82) is 0 Å². The number of likely N-dealkylation sites (tertiary alicyclic amines) is 1. The molecule has 0 aromatic carbocycles. The number of aliphatic hydroxyl groups is 1. The summed E-state index contributed by atoms with van der Waals surface area (Å²) in [6, 6.07) is 0. The van der Waals surface area contributed by atoms with Gasteiger partial charge in [-0.25, -0.2) is 0 Å². The van der Waals surface area contributed by atoms with Crippen LogP contribution in [0.4, 0.5) is 0 Å². The van der Waals surface area contributed by atoms with Gasteiger partial charge < -0.3 is 24.8 Å². The van der Waals surface area contributed by atoms with E-state index < -0.39 is 6.10 Å². The molecule has 1 saturated heterocycles. The summed E-state index contributed by atoms with van der Waals surface area (Å²) in [6.07, 6.45) is 3.61. The van der Waals surface area contributed by atoms with Crippen LogP contribution in [0, 0.1) is 0 Å². The maximum atomic E-state index is 9.70. The van der Waals surface area contributed by atoms with Crippen molar-refractivity contribution in [2.45, 2.75) is 32.3 Å². The lowest BCUT2D eigenvalue weighted by atomic mass is 10.1. The predicted molar refractivity (Wildman–Crippen MR) is 76.5 cm³/mol. The van der Waals surface area contributed by atoms with E-state index in [1.54, 1.807) is 0 Å². The molecule has 0 aromatic rings. The molecule has 1 fully saturated rings. The molecule has 2 N–H and O–H groups in total. The van der Waals surface area contributed by atoms with Gasteiger partial charge in [-0.1, -0.05) is 6.42 Å². The summed E-state index contributed by atoms with van der Waals surface area (Å²) in [7, 11) is 0. The Bertz CT molecular complexity index is 199. The molecule has 19 heavy (non-hydrogen) atoms. The van der Waals surface area contributed by atoms with Crippen LogP contribution in [0.3, 0.4) is 0 Å². The number of ether oxygens (including phenoxy) is 2. The van der Waals surface area contributed by atoms with Crippen molar-refractivity contribution in [3.63, 3.8) is 0 Å². The SMILES string of the molecule is CCOCCOCC(O)CNCCN1CCCCC1.